The Labute approximate surface area is 195 Å². The number of rotatable bonds is 9. The second kappa shape index (κ2) is 10.5. The molecular formula is C25H29N3O4S. The van der Waals surface area contributed by atoms with E-state index in [4.69, 9.17) is 4.74 Å². The molecule has 174 valence electrons. The molecule has 0 bridgehead atoms. The Morgan fingerprint density at radius 2 is 1.61 bits per heavy atom. The summed E-state index contributed by atoms with van der Waals surface area (Å²) in [4.78, 5) is 14.8. The third-order valence-electron chi connectivity index (χ3n) is 5.31. The van der Waals surface area contributed by atoms with Crippen LogP contribution in [0.25, 0.3) is 0 Å². The maximum absolute atomic E-state index is 12.7. The monoisotopic (exact) mass is 467 g/mol. The summed E-state index contributed by atoms with van der Waals surface area (Å²) in [6.45, 7) is 2.29. The van der Waals surface area contributed by atoms with E-state index in [1.807, 2.05) is 62.3 Å². The van der Waals surface area contributed by atoms with Crippen molar-refractivity contribution in [2.45, 2.75) is 17.9 Å². The van der Waals surface area contributed by atoms with Crippen molar-refractivity contribution in [1.29, 1.82) is 0 Å². The summed E-state index contributed by atoms with van der Waals surface area (Å²) in [6, 6.07) is 20.5. The minimum atomic E-state index is -3.75. The molecular weight excluding hydrogens is 438 g/mol. The number of hydrogen-bond acceptors (Lipinski definition) is 5. The van der Waals surface area contributed by atoms with Crippen molar-refractivity contribution in [3.05, 3.63) is 89.5 Å². The Bertz CT molecular complexity index is 1190. The number of sulfonamides is 1. The molecule has 0 aliphatic carbocycles. The van der Waals surface area contributed by atoms with Gasteiger partial charge in [0.25, 0.3) is 15.9 Å². The predicted molar refractivity (Wildman–Crippen MR) is 130 cm³/mol. The number of ether oxygens (including phenoxy) is 1. The fourth-order valence-electron chi connectivity index (χ4n) is 3.42. The third kappa shape index (κ3) is 6.12. The zero-order valence-electron chi connectivity index (χ0n) is 19.2. The van der Waals surface area contributed by atoms with Crippen LogP contribution in [-0.4, -0.2) is 47.0 Å². The van der Waals surface area contributed by atoms with Gasteiger partial charge in [-0.3, -0.25) is 9.52 Å². The first-order valence-corrected chi connectivity index (χ1v) is 12.0. The summed E-state index contributed by atoms with van der Waals surface area (Å²) in [5.41, 5.74) is 2.86. The minimum absolute atomic E-state index is 0.0832. The number of carbonyl (C=O) groups excluding carboxylic acids is 1. The fraction of sp³-hybridized carbons (Fsp3) is 0.240. The number of hydrogen-bond donors (Lipinski definition) is 2. The molecule has 1 atom stereocenters. The minimum Gasteiger partial charge on any atom is -0.496 e. The first-order valence-electron chi connectivity index (χ1n) is 10.5. The number of benzene rings is 3. The van der Waals surface area contributed by atoms with Crippen LogP contribution in [-0.2, 0) is 10.0 Å². The van der Waals surface area contributed by atoms with Gasteiger partial charge in [0.05, 0.1) is 18.0 Å². The van der Waals surface area contributed by atoms with Crippen LogP contribution in [0.1, 0.15) is 27.5 Å². The normalized spacial score (nSPS) is 12.3. The number of likely N-dealkylation sites (N-methyl/N-ethyl adjacent to an activating group) is 1. The van der Waals surface area contributed by atoms with Crippen LogP contribution in [0.3, 0.4) is 0 Å². The Morgan fingerprint density at radius 3 is 2.21 bits per heavy atom. The van der Waals surface area contributed by atoms with Gasteiger partial charge < -0.3 is 15.0 Å². The molecule has 3 aromatic rings. The number of carbonyl (C=O) groups is 1. The van der Waals surface area contributed by atoms with Crippen LogP contribution < -0.4 is 14.8 Å². The van der Waals surface area contributed by atoms with Crippen molar-refractivity contribution in [2.24, 2.45) is 0 Å². The average molecular weight is 468 g/mol. The van der Waals surface area contributed by atoms with Crippen LogP contribution in [0.15, 0.2) is 77.7 Å². The van der Waals surface area contributed by atoms with Crippen molar-refractivity contribution < 1.29 is 17.9 Å². The summed E-state index contributed by atoms with van der Waals surface area (Å²) < 4.78 is 33.3. The molecule has 0 aliphatic rings. The van der Waals surface area contributed by atoms with Gasteiger partial charge in [-0.25, -0.2) is 8.42 Å². The zero-order valence-corrected chi connectivity index (χ0v) is 20.0. The molecule has 0 fully saturated rings. The second-order valence-electron chi connectivity index (χ2n) is 7.93. The van der Waals surface area contributed by atoms with E-state index in [-0.39, 0.29) is 16.8 Å². The molecule has 7 nitrogen and oxygen atoms in total. The molecule has 0 radical (unpaired) electrons. The van der Waals surface area contributed by atoms with Crippen LogP contribution in [0.5, 0.6) is 5.75 Å². The van der Waals surface area contributed by atoms with Gasteiger partial charge in [0.15, 0.2) is 0 Å². The van der Waals surface area contributed by atoms with Gasteiger partial charge in [0.2, 0.25) is 0 Å². The number of aryl methyl sites for hydroxylation is 1. The summed E-state index contributed by atoms with van der Waals surface area (Å²) in [6.07, 6.45) is 0. The van der Waals surface area contributed by atoms with E-state index in [0.717, 1.165) is 16.9 Å². The van der Waals surface area contributed by atoms with Crippen molar-refractivity contribution in [2.75, 3.05) is 32.5 Å². The van der Waals surface area contributed by atoms with Gasteiger partial charge in [-0.05, 0) is 63.5 Å². The second-order valence-corrected chi connectivity index (χ2v) is 9.61. The van der Waals surface area contributed by atoms with Crippen LogP contribution >= 0.6 is 0 Å². The maximum Gasteiger partial charge on any atom is 0.261 e. The van der Waals surface area contributed by atoms with E-state index in [2.05, 4.69) is 10.0 Å². The first-order chi connectivity index (χ1) is 15.7. The van der Waals surface area contributed by atoms with Crippen LogP contribution in [0, 0.1) is 6.92 Å². The smallest absolute Gasteiger partial charge is 0.261 e. The highest BCUT2D eigenvalue weighted by Gasteiger charge is 2.20. The number of methoxy groups -OCH3 is 1. The SMILES string of the molecule is COc1ccccc1C(CNC(=O)c1ccc(S(=O)(=O)Nc2ccc(C)cc2)cc1)N(C)C. The van der Waals surface area contributed by atoms with E-state index in [0.29, 0.717) is 17.8 Å². The van der Waals surface area contributed by atoms with Crippen molar-refractivity contribution >= 4 is 21.6 Å². The average Bonchev–Trinajstić information content (AvgIpc) is 2.80. The molecule has 3 aromatic carbocycles. The molecule has 1 unspecified atom stereocenters. The lowest BCUT2D eigenvalue weighted by atomic mass is 10.0. The Hall–Kier alpha value is -3.36. The zero-order chi connectivity index (χ0) is 24.0. The molecule has 2 N–H and O–H groups in total. The molecule has 3 rings (SSSR count). The molecule has 8 heteroatoms. The largest absolute Gasteiger partial charge is 0.496 e. The molecule has 0 heterocycles. The quantitative estimate of drug-likeness (QED) is 0.499. The van der Waals surface area contributed by atoms with E-state index >= 15 is 0 Å². The van der Waals surface area contributed by atoms with E-state index in [1.165, 1.54) is 24.3 Å². The summed E-state index contributed by atoms with van der Waals surface area (Å²) >= 11 is 0. The number of anilines is 1. The number of nitrogens with zero attached hydrogens (tertiary/aromatic N) is 1. The van der Waals surface area contributed by atoms with E-state index in [9.17, 15) is 13.2 Å². The van der Waals surface area contributed by atoms with Crippen LogP contribution in [0.4, 0.5) is 5.69 Å². The summed E-state index contributed by atoms with van der Waals surface area (Å²) in [7, 11) is 1.74. The van der Waals surface area contributed by atoms with Gasteiger partial charge in [0.1, 0.15) is 5.75 Å². The van der Waals surface area contributed by atoms with Gasteiger partial charge in [-0.1, -0.05) is 35.9 Å². The molecule has 33 heavy (non-hydrogen) atoms. The highest BCUT2D eigenvalue weighted by molar-refractivity contribution is 7.92. The van der Waals surface area contributed by atoms with Gasteiger partial charge in [-0.15, -0.1) is 0 Å². The molecule has 0 saturated heterocycles. The maximum atomic E-state index is 12.7. The number of amides is 1. The van der Waals surface area contributed by atoms with Gasteiger partial charge >= 0.3 is 0 Å². The van der Waals surface area contributed by atoms with Crippen molar-refractivity contribution in [1.82, 2.24) is 10.2 Å². The molecule has 0 saturated carbocycles. The Morgan fingerprint density at radius 1 is 0.970 bits per heavy atom. The lowest BCUT2D eigenvalue weighted by molar-refractivity contribution is 0.0941. The van der Waals surface area contributed by atoms with E-state index in [1.54, 1.807) is 19.2 Å². The van der Waals surface area contributed by atoms with Crippen molar-refractivity contribution in [3.63, 3.8) is 0 Å². The van der Waals surface area contributed by atoms with Gasteiger partial charge in [0, 0.05) is 23.4 Å². The lowest BCUT2D eigenvalue weighted by Gasteiger charge is -2.26. The molecule has 0 aromatic heterocycles. The summed E-state index contributed by atoms with van der Waals surface area (Å²) in [5.74, 6) is 0.466. The topological polar surface area (TPSA) is 87.7 Å². The van der Waals surface area contributed by atoms with Crippen LogP contribution in [0.2, 0.25) is 0 Å². The first kappa shape index (κ1) is 24.3. The van der Waals surface area contributed by atoms with E-state index < -0.39 is 10.0 Å². The number of para-hydroxylation sites is 1. The predicted octanol–water partition coefficient (Wildman–Crippen LogP) is 3.84. The highest BCUT2D eigenvalue weighted by atomic mass is 32.2. The molecule has 1 amide bonds. The molecule has 0 aliphatic heterocycles. The number of nitrogens with one attached hydrogen (secondary N) is 2. The fourth-order valence-corrected chi connectivity index (χ4v) is 4.48. The Kier molecular flexibility index (Phi) is 7.73. The Balaban J connectivity index is 1.68. The highest BCUT2D eigenvalue weighted by Crippen LogP contribution is 2.27. The van der Waals surface area contributed by atoms with Gasteiger partial charge in [-0.2, -0.15) is 0 Å². The summed E-state index contributed by atoms with van der Waals surface area (Å²) in [5, 5.41) is 2.93. The standard InChI is InChI=1S/C25H29N3O4S/c1-18-9-13-20(14-10-18)27-33(30,31)21-15-11-19(12-16-21)25(29)26-17-23(28(2)3)22-7-5-6-8-24(22)32-4/h5-16,23,27H,17H2,1-4H3,(H,26,29). The van der Waals surface area contributed by atoms with Crippen molar-refractivity contribution in [3.8, 4) is 5.75 Å². The third-order valence-corrected chi connectivity index (χ3v) is 6.71. The lowest BCUT2D eigenvalue weighted by Crippen LogP contribution is -2.34. The molecule has 0 spiro atoms.